The molecule has 0 aromatic carbocycles. The van der Waals surface area contributed by atoms with Crippen LogP contribution in [0.1, 0.15) is 13.8 Å². The van der Waals surface area contributed by atoms with Gasteiger partial charge in [0.05, 0.1) is 6.17 Å². The lowest BCUT2D eigenvalue weighted by molar-refractivity contribution is -0.110. The number of nitrogens with one attached hydrogen (secondary N) is 2. The Morgan fingerprint density at radius 2 is 2.11 bits per heavy atom. The molecule has 0 aromatic heterocycles. The molecule has 0 saturated carbocycles. The van der Waals surface area contributed by atoms with Gasteiger partial charge in [-0.15, -0.1) is 0 Å². The van der Waals surface area contributed by atoms with Crippen LogP contribution in [0.4, 0.5) is 0 Å². The Balaban J connectivity index is 3.25. The molecule has 4 heteroatoms. The van der Waals surface area contributed by atoms with Gasteiger partial charge in [0.1, 0.15) is 6.23 Å². The van der Waals surface area contributed by atoms with Gasteiger partial charge >= 0.3 is 0 Å². The quantitative estimate of drug-likeness (QED) is 0.340. The molecular weight excluding hydrogens is 120 g/mol. The highest BCUT2D eigenvalue weighted by Crippen LogP contribution is 1.75. The van der Waals surface area contributed by atoms with Crippen molar-refractivity contribution in [2.24, 2.45) is 0 Å². The summed E-state index contributed by atoms with van der Waals surface area (Å²) in [5.41, 5.74) is 0. The number of rotatable bonds is 4. The van der Waals surface area contributed by atoms with E-state index in [1.807, 2.05) is 0 Å². The number of aliphatic hydroxyl groups excluding tert-OH is 1. The fourth-order valence-corrected chi connectivity index (χ4v) is 0.512. The van der Waals surface area contributed by atoms with E-state index in [-0.39, 0.29) is 6.17 Å². The van der Waals surface area contributed by atoms with E-state index in [1.165, 1.54) is 0 Å². The van der Waals surface area contributed by atoms with Crippen molar-refractivity contribution in [2.45, 2.75) is 26.2 Å². The SMILES string of the molecule is CC(O)NC(C)NC=O. The molecule has 0 aromatic rings. The second kappa shape index (κ2) is 4.29. The molecule has 0 fully saturated rings. The third-order valence-corrected chi connectivity index (χ3v) is 0.809. The van der Waals surface area contributed by atoms with E-state index in [2.05, 4.69) is 10.6 Å². The second-order valence-corrected chi connectivity index (χ2v) is 1.85. The summed E-state index contributed by atoms with van der Waals surface area (Å²) < 4.78 is 0. The lowest BCUT2D eigenvalue weighted by Gasteiger charge is -2.13. The summed E-state index contributed by atoms with van der Waals surface area (Å²) in [7, 11) is 0. The Kier molecular flexibility index (Phi) is 4.00. The highest BCUT2D eigenvalue weighted by molar-refractivity contribution is 5.46. The fraction of sp³-hybridized carbons (Fsp3) is 0.800. The molecule has 0 aliphatic rings. The van der Waals surface area contributed by atoms with Crippen molar-refractivity contribution in [3.05, 3.63) is 0 Å². The first-order chi connectivity index (χ1) is 4.16. The van der Waals surface area contributed by atoms with Crippen LogP contribution in [-0.4, -0.2) is 23.9 Å². The zero-order valence-electron chi connectivity index (χ0n) is 5.59. The normalized spacial score (nSPS) is 16.3. The van der Waals surface area contributed by atoms with Crippen LogP contribution in [0.3, 0.4) is 0 Å². The van der Waals surface area contributed by atoms with Crippen molar-refractivity contribution < 1.29 is 9.90 Å². The van der Waals surface area contributed by atoms with E-state index in [9.17, 15) is 4.79 Å². The molecule has 0 saturated heterocycles. The third kappa shape index (κ3) is 5.26. The summed E-state index contributed by atoms with van der Waals surface area (Å²) in [5, 5.41) is 13.8. The molecule has 1 amide bonds. The molecule has 0 aliphatic carbocycles. The fourth-order valence-electron chi connectivity index (χ4n) is 0.512. The van der Waals surface area contributed by atoms with Gasteiger partial charge in [0.25, 0.3) is 0 Å². The maximum atomic E-state index is 9.76. The molecular formula is C5H12N2O2. The Hall–Kier alpha value is -0.610. The number of amides is 1. The molecule has 4 nitrogen and oxygen atoms in total. The van der Waals surface area contributed by atoms with Gasteiger partial charge in [-0.1, -0.05) is 0 Å². The topological polar surface area (TPSA) is 61.4 Å². The maximum Gasteiger partial charge on any atom is 0.208 e. The molecule has 2 unspecified atom stereocenters. The van der Waals surface area contributed by atoms with Gasteiger partial charge in [-0.3, -0.25) is 10.1 Å². The molecule has 0 radical (unpaired) electrons. The van der Waals surface area contributed by atoms with E-state index in [1.54, 1.807) is 13.8 Å². The molecule has 54 valence electrons. The first-order valence-electron chi connectivity index (χ1n) is 2.80. The minimum atomic E-state index is -0.590. The van der Waals surface area contributed by atoms with Crippen LogP contribution in [0.2, 0.25) is 0 Å². The molecule has 3 N–H and O–H groups in total. The first kappa shape index (κ1) is 8.39. The molecule has 0 bridgehead atoms. The summed E-state index contributed by atoms with van der Waals surface area (Å²) in [6.45, 7) is 3.32. The Labute approximate surface area is 54.3 Å². The number of aliphatic hydroxyl groups is 1. The lowest BCUT2D eigenvalue weighted by Crippen LogP contribution is -2.43. The number of carbonyl (C=O) groups excluding carboxylic acids is 1. The highest BCUT2D eigenvalue weighted by atomic mass is 16.3. The van der Waals surface area contributed by atoms with Crippen molar-refractivity contribution >= 4 is 6.41 Å². The molecule has 0 rings (SSSR count). The average Bonchev–Trinajstić information content (AvgIpc) is 1.63. The molecule has 9 heavy (non-hydrogen) atoms. The van der Waals surface area contributed by atoms with E-state index in [4.69, 9.17) is 5.11 Å². The molecule has 0 heterocycles. The van der Waals surface area contributed by atoms with Crippen molar-refractivity contribution in [3.63, 3.8) is 0 Å². The zero-order chi connectivity index (χ0) is 7.28. The average molecular weight is 132 g/mol. The minimum Gasteiger partial charge on any atom is -0.379 e. The Morgan fingerprint density at radius 1 is 1.56 bits per heavy atom. The van der Waals surface area contributed by atoms with Crippen LogP contribution in [0.15, 0.2) is 0 Å². The van der Waals surface area contributed by atoms with Crippen molar-refractivity contribution in [1.29, 1.82) is 0 Å². The minimum absolute atomic E-state index is 0.178. The van der Waals surface area contributed by atoms with Crippen LogP contribution in [-0.2, 0) is 4.79 Å². The number of hydrogen-bond acceptors (Lipinski definition) is 3. The van der Waals surface area contributed by atoms with Gasteiger partial charge in [-0.25, -0.2) is 0 Å². The maximum absolute atomic E-state index is 9.76. The third-order valence-electron chi connectivity index (χ3n) is 0.809. The van der Waals surface area contributed by atoms with Crippen molar-refractivity contribution in [1.82, 2.24) is 10.6 Å². The lowest BCUT2D eigenvalue weighted by atomic mass is 10.5. The monoisotopic (exact) mass is 132 g/mol. The van der Waals surface area contributed by atoms with E-state index >= 15 is 0 Å². The Bertz CT molecular complexity index is 85.0. The van der Waals surface area contributed by atoms with Crippen LogP contribution in [0.25, 0.3) is 0 Å². The summed E-state index contributed by atoms with van der Waals surface area (Å²) in [5.74, 6) is 0. The highest BCUT2D eigenvalue weighted by Gasteiger charge is 1.99. The van der Waals surface area contributed by atoms with Gasteiger partial charge in [0.15, 0.2) is 0 Å². The predicted molar refractivity (Wildman–Crippen MR) is 33.5 cm³/mol. The van der Waals surface area contributed by atoms with Gasteiger partial charge in [-0.05, 0) is 13.8 Å². The summed E-state index contributed by atoms with van der Waals surface area (Å²) >= 11 is 0. The summed E-state index contributed by atoms with van der Waals surface area (Å²) in [6.07, 6.45) is -0.185. The standard InChI is InChI=1S/C5H12N2O2/c1-4(6-3-8)7-5(2)9/h3-5,7,9H,1-2H3,(H,6,8). The van der Waals surface area contributed by atoms with Crippen LogP contribution < -0.4 is 10.6 Å². The van der Waals surface area contributed by atoms with Gasteiger partial charge in [0.2, 0.25) is 6.41 Å². The smallest absolute Gasteiger partial charge is 0.208 e. The molecule has 0 aliphatic heterocycles. The van der Waals surface area contributed by atoms with Crippen LogP contribution >= 0.6 is 0 Å². The number of hydrogen-bond donors (Lipinski definition) is 3. The van der Waals surface area contributed by atoms with Gasteiger partial charge in [0, 0.05) is 0 Å². The largest absolute Gasteiger partial charge is 0.379 e. The zero-order valence-corrected chi connectivity index (χ0v) is 5.59. The summed E-state index contributed by atoms with van der Waals surface area (Å²) in [4.78, 5) is 9.76. The Morgan fingerprint density at radius 3 is 2.44 bits per heavy atom. The van der Waals surface area contributed by atoms with Crippen LogP contribution in [0.5, 0.6) is 0 Å². The van der Waals surface area contributed by atoms with E-state index in [0.717, 1.165) is 0 Å². The first-order valence-corrected chi connectivity index (χ1v) is 2.80. The molecule has 2 atom stereocenters. The van der Waals surface area contributed by atoms with Crippen molar-refractivity contribution in [3.8, 4) is 0 Å². The van der Waals surface area contributed by atoms with Crippen molar-refractivity contribution in [2.75, 3.05) is 0 Å². The van der Waals surface area contributed by atoms with Gasteiger partial charge in [-0.2, -0.15) is 0 Å². The number of carbonyl (C=O) groups is 1. The van der Waals surface area contributed by atoms with Crippen LogP contribution in [0, 0.1) is 0 Å². The second-order valence-electron chi connectivity index (χ2n) is 1.85. The predicted octanol–water partition coefficient (Wildman–Crippen LogP) is -0.994. The summed E-state index contributed by atoms with van der Waals surface area (Å²) in [6, 6.07) is 0. The van der Waals surface area contributed by atoms with E-state index in [0.29, 0.717) is 6.41 Å². The van der Waals surface area contributed by atoms with E-state index < -0.39 is 6.23 Å². The molecule has 0 spiro atoms. The van der Waals surface area contributed by atoms with Gasteiger partial charge < -0.3 is 10.4 Å².